The first-order chi connectivity index (χ1) is 9.62. The van der Waals surface area contributed by atoms with Crippen molar-refractivity contribution >= 4 is 29.2 Å². The van der Waals surface area contributed by atoms with Gasteiger partial charge in [0.1, 0.15) is 17.1 Å². The van der Waals surface area contributed by atoms with E-state index in [1.54, 1.807) is 0 Å². The minimum Gasteiger partial charge on any atom is -0.477 e. The Morgan fingerprint density at radius 3 is 2.29 bits per heavy atom. The summed E-state index contributed by atoms with van der Waals surface area (Å²) in [6.07, 6.45) is 0. The van der Waals surface area contributed by atoms with Crippen molar-refractivity contribution in [1.82, 2.24) is 5.16 Å². The molecule has 0 radical (unpaired) electrons. The Morgan fingerprint density at radius 1 is 1.33 bits per heavy atom. The van der Waals surface area contributed by atoms with Crippen LogP contribution in [0.1, 0.15) is 30.0 Å². The van der Waals surface area contributed by atoms with Crippen molar-refractivity contribution in [3.8, 4) is 11.3 Å². The summed E-state index contributed by atoms with van der Waals surface area (Å²) in [5, 5.41) is 12.5. The number of carbonyl (C=O) groups is 1. The van der Waals surface area contributed by atoms with Gasteiger partial charge in [-0.05, 0) is 26.0 Å². The number of nitrogens with zero attached hydrogens (tertiary/aromatic N) is 1. The summed E-state index contributed by atoms with van der Waals surface area (Å²) in [7, 11) is 0. The van der Waals surface area contributed by atoms with Gasteiger partial charge in [0.25, 0.3) is 0 Å². The molecule has 0 fully saturated rings. The van der Waals surface area contributed by atoms with Crippen LogP contribution >= 0.6 is 23.2 Å². The summed E-state index contributed by atoms with van der Waals surface area (Å²) in [6, 6.07) is 1.90. The molecule has 2 aromatic rings. The molecule has 0 saturated heterocycles. The zero-order chi connectivity index (χ0) is 15.9. The van der Waals surface area contributed by atoms with Gasteiger partial charge in [0.15, 0.2) is 11.4 Å². The molecule has 0 saturated carbocycles. The van der Waals surface area contributed by atoms with E-state index in [1.807, 2.05) is 0 Å². The lowest BCUT2D eigenvalue weighted by Gasteiger charge is -2.11. The summed E-state index contributed by atoms with van der Waals surface area (Å²) < 4.78 is 32.0. The smallest absolute Gasteiger partial charge is 0.341 e. The van der Waals surface area contributed by atoms with Crippen molar-refractivity contribution in [1.29, 1.82) is 0 Å². The van der Waals surface area contributed by atoms with E-state index < -0.39 is 28.8 Å². The molecule has 0 aliphatic carbocycles. The molecule has 0 atom stereocenters. The van der Waals surface area contributed by atoms with E-state index in [4.69, 9.17) is 27.7 Å². The van der Waals surface area contributed by atoms with E-state index in [2.05, 4.69) is 5.16 Å². The van der Waals surface area contributed by atoms with E-state index >= 15 is 0 Å². The fourth-order valence-corrected chi connectivity index (χ4v) is 2.47. The molecule has 2 rings (SSSR count). The van der Waals surface area contributed by atoms with Crippen LogP contribution < -0.4 is 0 Å². The molecule has 0 bridgehead atoms. The quantitative estimate of drug-likeness (QED) is 0.883. The molecule has 0 amide bonds. The summed E-state index contributed by atoms with van der Waals surface area (Å²) >= 11 is 11.8. The molecule has 0 aliphatic rings. The van der Waals surface area contributed by atoms with Crippen LogP contribution in [0.2, 0.25) is 10.0 Å². The van der Waals surface area contributed by atoms with Crippen molar-refractivity contribution < 1.29 is 23.2 Å². The highest BCUT2D eigenvalue weighted by Crippen LogP contribution is 2.40. The Balaban J connectivity index is 2.78. The Hall–Kier alpha value is -1.66. The minimum absolute atomic E-state index is 0.0311. The molecule has 21 heavy (non-hydrogen) atoms. The second-order valence-corrected chi connectivity index (χ2v) is 5.57. The number of carboxylic acid groups (broad SMARTS) is 1. The highest BCUT2D eigenvalue weighted by Gasteiger charge is 2.35. The normalized spacial score (nSPS) is 11.7. The van der Waals surface area contributed by atoms with E-state index in [9.17, 15) is 18.7 Å². The maximum absolute atomic E-state index is 14.0. The number of hydrogen-bond donors (Lipinski definition) is 1. The second-order valence-electron chi connectivity index (χ2n) is 4.76. The lowest BCUT2D eigenvalue weighted by atomic mass is 9.99. The number of hydrogen-bond acceptors (Lipinski definition) is 3. The van der Waals surface area contributed by atoms with Gasteiger partial charge in [-0.3, -0.25) is 0 Å². The Bertz CT molecular complexity index is 700. The van der Waals surface area contributed by atoms with Crippen LogP contribution in [0.5, 0.6) is 0 Å². The summed E-state index contributed by atoms with van der Waals surface area (Å²) in [6.45, 7) is 2.25. The zero-order valence-corrected chi connectivity index (χ0v) is 12.4. The highest BCUT2D eigenvalue weighted by molar-refractivity contribution is 6.39. The molecule has 1 aromatic heterocycles. The molecule has 1 heterocycles. The number of benzene rings is 1. The van der Waals surface area contributed by atoms with Gasteiger partial charge in [0.05, 0.1) is 10.0 Å². The van der Waals surface area contributed by atoms with E-state index in [1.165, 1.54) is 0 Å². The third-order valence-corrected chi connectivity index (χ3v) is 3.29. The van der Waals surface area contributed by atoms with Gasteiger partial charge in [-0.25, -0.2) is 13.6 Å². The average Bonchev–Trinajstić information content (AvgIpc) is 2.71. The Kier molecular flexibility index (Phi) is 3.95. The van der Waals surface area contributed by atoms with Gasteiger partial charge >= 0.3 is 5.97 Å². The standard InChI is InChI=1S/C13H9Cl2F2NO3/c1-13(2,17)11-9(12(19)20)10(18-21-11)8-6(14)3-5(16)4-7(8)15/h3-4H,1-2H3,(H,19,20). The Morgan fingerprint density at radius 2 is 1.86 bits per heavy atom. The van der Waals surface area contributed by atoms with Gasteiger partial charge in [0.2, 0.25) is 0 Å². The molecule has 0 aliphatic heterocycles. The van der Waals surface area contributed by atoms with Crippen LogP contribution in [-0.4, -0.2) is 16.2 Å². The van der Waals surface area contributed by atoms with Crippen molar-refractivity contribution in [3.63, 3.8) is 0 Å². The highest BCUT2D eigenvalue weighted by atomic mass is 35.5. The van der Waals surface area contributed by atoms with Gasteiger partial charge in [-0.1, -0.05) is 28.4 Å². The van der Waals surface area contributed by atoms with Crippen LogP contribution in [-0.2, 0) is 5.67 Å². The molecule has 4 nitrogen and oxygen atoms in total. The van der Waals surface area contributed by atoms with Crippen LogP contribution in [0.4, 0.5) is 8.78 Å². The number of aromatic carboxylic acids is 1. The molecule has 112 valence electrons. The number of alkyl halides is 1. The van der Waals surface area contributed by atoms with Gasteiger partial charge in [-0.2, -0.15) is 0 Å². The van der Waals surface area contributed by atoms with Crippen LogP contribution in [0.15, 0.2) is 16.7 Å². The molecular weight excluding hydrogens is 327 g/mol. The van der Waals surface area contributed by atoms with Crippen molar-refractivity contribution in [2.45, 2.75) is 19.5 Å². The van der Waals surface area contributed by atoms with Gasteiger partial charge in [-0.15, -0.1) is 0 Å². The predicted molar refractivity (Wildman–Crippen MR) is 73.0 cm³/mol. The van der Waals surface area contributed by atoms with E-state index in [0.29, 0.717) is 0 Å². The summed E-state index contributed by atoms with van der Waals surface area (Å²) in [5.41, 5.74) is -2.86. The van der Waals surface area contributed by atoms with Gasteiger partial charge in [0, 0.05) is 5.56 Å². The maximum Gasteiger partial charge on any atom is 0.341 e. The van der Waals surface area contributed by atoms with Crippen molar-refractivity contribution in [3.05, 3.63) is 39.3 Å². The monoisotopic (exact) mass is 335 g/mol. The minimum atomic E-state index is -2.07. The number of halogens is 4. The van der Waals surface area contributed by atoms with Crippen molar-refractivity contribution in [2.75, 3.05) is 0 Å². The third kappa shape index (κ3) is 2.87. The Labute approximate surface area is 128 Å². The second kappa shape index (κ2) is 5.27. The molecule has 0 spiro atoms. The number of rotatable bonds is 3. The first kappa shape index (κ1) is 15.7. The number of carboxylic acids is 1. The first-order valence-corrected chi connectivity index (χ1v) is 6.45. The molecule has 1 N–H and O–H groups in total. The maximum atomic E-state index is 14.0. The average molecular weight is 336 g/mol. The van der Waals surface area contributed by atoms with Crippen LogP contribution in [0.25, 0.3) is 11.3 Å². The van der Waals surface area contributed by atoms with Crippen LogP contribution in [0.3, 0.4) is 0 Å². The lowest BCUT2D eigenvalue weighted by molar-refractivity contribution is 0.0683. The zero-order valence-electron chi connectivity index (χ0n) is 10.9. The van der Waals surface area contributed by atoms with E-state index in [-0.39, 0.29) is 21.3 Å². The largest absolute Gasteiger partial charge is 0.477 e. The predicted octanol–water partition coefficient (Wildman–Crippen LogP) is 4.69. The topological polar surface area (TPSA) is 63.3 Å². The SMILES string of the molecule is CC(C)(F)c1onc(-c2c(Cl)cc(F)cc2Cl)c1C(=O)O. The molecular formula is C13H9Cl2F2NO3. The van der Waals surface area contributed by atoms with Gasteiger partial charge < -0.3 is 9.63 Å². The van der Waals surface area contributed by atoms with E-state index in [0.717, 1.165) is 26.0 Å². The lowest BCUT2D eigenvalue weighted by Crippen LogP contribution is -2.13. The summed E-state index contributed by atoms with van der Waals surface area (Å²) in [4.78, 5) is 11.4. The van der Waals surface area contributed by atoms with Crippen molar-refractivity contribution in [2.24, 2.45) is 0 Å². The fraction of sp³-hybridized carbons (Fsp3) is 0.231. The fourth-order valence-electron chi connectivity index (χ4n) is 1.83. The first-order valence-electron chi connectivity index (χ1n) is 5.70. The number of aromatic nitrogens is 1. The summed E-state index contributed by atoms with van der Waals surface area (Å²) in [5.74, 6) is -2.62. The third-order valence-electron chi connectivity index (χ3n) is 2.69. The molecule has 1 aromatic carbocycles. The van der Waals surface area contributed by atoms with Crippen LogP contribution in [0, 0.1) is 5.82 Å². The molecule has 8 heteroatoms. The molecule has 0 unspecified atom stereocenters.